The van der Waals surface area contributed by atoms with Gasteiger partial charge in [-0.2, -0.15) is 4.31 Å². The zero-order valence-corrected chi connectivity index (χ0v) is 16.9. The third kappa shape index (κ3) is 4.36. The molecule has 3 aliphatic rings. The van der Waals surface area contributed by atoms with E-state index in [0.29, 0.717) is 31.0 Å². The van der Waals surface area contributed by atoms with Gasteiger partial charge in [-0.1, -0.05) is 6.58 Å². The summed E-state index contributed by atoms with van der Waals surface area (Å²) < 4.78 is 33.1. The first-order valence-corrected chi connectivity index (χ1v) is 11.3. The smallest absolute Gasteiger partial charge is 0.251 e. The molecule has 2 aliphatic heterocycles. The highest BCUT2D eigenvalue weighted by Gasteiger charge is 2.46. The SMILES string of the molecule is C=CC(=O)NC1CC2CN(S(=O)(=O)c3ccc(C(=O)NCC4CC4)cc3)CC2O1. The van der Waals surface area contributed by atoms with Crippen LogP contribution < -0.4 is 10.6 Å². The van der Waals surface area contributed by atoms with Crippen molar-refractivity contribution < 1.29 is 22.7 Å². The summed E-state index contributed by atoms with van der Waals surface area (Å²) in [6, 6.07) is 6.04. The maximum atomic E-state index is 13.0. The van der Waals surface area contributed by atoms with Gasteiger partial charge in [0.15, 0.2) is 0 Å². The van der Waals surface area contributed by atoms with Crippen LogP contribution in [0.4, 0.5) is 0 Å². The van der Waals surface area contributed by atoms with Crippen molar-refractivity contribution in [2.45, 2.75) is 36.5 Å². The van der Waals surface area contributed by atoms with E-state index in [4.69, 9.17) is 4.74 Å². The minimum Gasteiger partial charge on any atom is -0.354 e. The zero-order chi connectivity index (χ0) is 20.6. The molecule has 0 bridgehead atoms. The molecule has 0 spiro atoms. The molecule has 2 amide bonds. The monoisotopic (exact) mass is 419 g/mol. The van der Waals surface area contributed by atoms with E-state index < -0.39 is 16.3 Å². The topological polar surface area (TPSA) is 105 Å². The molecule has 1 aromatic carbocycles. The normalized spacial score (nSPS) is 26.7. The lowest BCUT2D eigenvalue weighted by Gasteiger charge is -2.19. The third-order valence-electron chi connectivity index (χ3n) is 5.69. The van der Waals surface area contributed by atoms with Crippen LogP contribution in [-0.2, 0) is 19.6 Å². The van der Waals surface area contributed by atoms with Crippen LogP contribution in [-0.4, -0.2) is 56.5 Å². The maximum Gasteiger partial charge on any atom is 0.251 e. The quantitative estimate of drug-likeness (QED) is 0.638. The standard InChI is InChI=1S/C20H25N3O5S/c1-2-18(24)22-19-9-15-11-23(12-17(15)28-19)29(26,27)16-7-5-14(6-8-16)20(25)21-10-13-3-4-13/h2,5-8,13,15,17,19H,1,3-4,9-12H2,(H,21,25)(H,22,24). The summed E-state index contributed by atoms with van der Waals surface area (Å²) in [6.45, 7) is 4.67. The molecular weight excluding hydrogens is 394 g/mol. The van der Waals surface area contributed by atoms with Crippen molar-refractivity contribution in [1.82, 2.24) is 14.9 Å². The van der Waals surface area contributed by atoms with Crippen molar-refractivity contribution >= 4 is 21.8 Å². The largest absolute Gasteiger partial charge is 0.354 e. The second kappa shape index (κ2) is 7.89. The van der Waals surface area contributed by atoms with Crippen molar-refractivity contribution in [2.24, 2.45) is 11.8 Å². The lowest BCUT2D eigenvalue weighted by atomic mass is 10.1. The summed E-state index contributed by atoms with van der Waals surface area (Å²) in [5.41, 5.74) is 0.451. The van der Waals surface area contributed by atoms with Crippen molar-refractivity contribution in [2.75, 3.05) is 19.6 Å². The predicted octanol–water partition coefficient (Wildman–Crippen LogP) is 0.864. The summed E-state index contributed by atoms with van der Waals surface area (Å²) in [7, 11) is -3.67. The van der Waals surface area contributed by atoms with E-state index in [9.17, 15) is 18.0 Å². The second-order valence-corrected chi connectivity index (χ2v) is 9.81. The molecule has 0 radical (unpaired) electrons. The Hall–Kier alpha value is -2.23. The molecule has 8 nitrogen and oxygen atoms in total. The number of carbonyl (C=O) groups is 2. The average Bonchev–Trinajstić information content (AvgIpc) is 3.34. The van der Waals surface area contributed by atoms with E-state index in [1.54, 1.807) is 12.1 Å². The van der Waals surface area contributed by atoms with E-state index in [1.807, 2.05) is 0 Å². The first-order chi connectivity index (χ1) is 13.9. The number of ether oxygens (including phenoxy) is 1. The van der Waals surface area contributed by atoms with Gasteiger partial charge in [-0.25, -0.2) is 8.42 Å². The molecule has 2 heterocycles. The Balaban J connectivity index is 1.36. The number of hydrogen-bond acceptors (Lipinski definition) is 5. The lowest BCUT2D eigenvalue weighted by molar-refractivity contribution is -0.120. The molecule has 1 aromatic rings. The maximum absolute atomic E-state index is 13.0. The number of nitrogens with zero attached hydrogens (tertiary/aromatic N) is 1. The van der Waals surface area contributed by atoms with Crippen LogP contribution in [0.15, 0.2) is 41.8 Å². The predicted molar refractivity (Wildman–Crippen MR) is 105 cm³/mol. The first kappa shape index (κ1) is 20.1. The van der Waals surface area contributed by atoms with Crippen LogP contribution >= 0.6 is 0 Å². The van der Waals surface area contributed by atoms with Gasteiger partial charge in [-0.3, -0.25) is 9.59 Å². The molecular formula is C20H25N3O5S. The van der Waals surface area contributed by atoms with Gasteiger partial charge in [-0.15, -0.1) is 0 Å². The van der Waals surface area contributed by atoms with Crippen molar-refractivity contribution in [3.63, 3.8) is 0 Å². The fourth-order valence-corrected chi connectivity index (χ4v) is 5.33. The fourth-order valence-electron chi connectivity index (χ4n) is 3.82. The van der Waals surface area contributed by atoms with E-state index in [2.05, 4.69) is 17.2 Å². The molecule has 2 N–H and O–H groups in total. The number of hydrogen-bond donors (Lipinski definition) is 2. The minimum absolute atomic E-state index is 0.0346. The number of sulfonamides is 1. The molecule has 4 rings (SSSR count). The van der Waals surface area contributed by atoms with Gasteiger partial charge in [0.1, 0.15) is 6.23 Å². The molecule has 1 aliphatic carbocycles. The highest BCUT2D eigenvalue weighted by Crippen LogP contribution is 2.35. The Labute approximate surface area is 170 Å². The van der Waals surface area contributed by atoms with Crippen LogP contribution in [0.1, 0.15) is 29.6 Å². The molecule has 3 unspecified atom stereocenters. The molecule has 1 saturated carbocycles. The minimum atomic E-state index is -3.67. The van der Waals surface area contributed by atoms with Gasteiger partial charge >= 0.3 is 0 Å². The van der Waals surface area contributed by atoms with Crippen LogP contribution in [0.25, 0.3) is 0 Å². The Morgan fingerprint density at radius 1 is 1.21 bits per heavy atom. The highest BCUT2D eigenvalue weighted by atomic mass is 32.2. The number of nitrogens with one attached hydrogen (secondary N) is 2. The number of carbonyl (C=O) groups excluding carboxylic acids is 2. The summed E-state index contributed by atoms with van der Waals surface area (Å²) in [4.78, 5) is 23.7. The average molecular weight is 420 g/mol. The Bertz CT molecular complexity index is 897. The number of benzene rings is 1. The summed E-state index contributed by atoms with van der Waals surface area (Å²) in [5, 5.41) is 5.57. The molecule has 9 heteroatoms. The van der Waals surface area contributed by atoms with Crippen molar-refractivity contribution in [3.8, 4) is 0 Å². The Morgan fingerprint density at radius 3 is 2.55 bits per heavy atom. The third-order valence-corrected chi connectivity index (χ3v) is 7.54. The highest BCUT2D eigenvalue weighted by molar-refractivity contribution is 7.89. The molecule has 0 aromatic heterocycles. The first-order valence-electron chi connectivity index (χ1n) is 9.83. The van der Waals surface area contributed by atoms with Crippen LogP contribution in [0.2, 0.25) is 0 Å². The Kier molecular flexibility index (Phi) is 5.46. The van der Waals surface area contributed by atoms with Crippen LogP contribution in [0, 0.1) is 11.8 Å². The fraction of sp³-hybridized carbons (Fsp3) is 0.500. The zero-order valence-electron chi connectivity index (χ0n) is 16.0. The van der Waals surface area contributed by atoms with Crippen molar-refractivity contribution in [1.29, 1.82) is 0 Å². The van der Waals surface area contributed by atoms with Crippen molar-refractivity contribution in [3.05, 3.63) is 42.5 Å². The number of rotatable bonds is 7. The van der Waals surface area contributed by atoms with Gasteiger partial charge in [0, 0.05) is 31.1 Å². The van der Waals surface area contributed by atoms with E-state index in [1.165, 1.54) is 22.5 Å². The molecule has 2 saturated heterocycles. The lowest BCUT2D eigenvalue weighted by Crippen LogP contribution is -2.37. The van der Waals surface area contributed by atoms with E-state index >= 15 is 0 Å². The molecule has 3 atom stereocenters. The van der Waals surface area contributed by atoms with E-state index in [0.717, 1.165) is 12.8 Å². The molecule has 156 valence electrons. The Morgan fingerprint density at radius 2 is 1.93 bits per heavy atom. The van der Waals surface area contributed by atoms with E-state index in [-0.39, 0.29) is 35.3 Å². The molecule has 29 heavy (non-hydrogen) atoms. The van der Waals surface area contributed by atoms with Gasteiger partial charge in [0.2, 0.25) is 15.9 Å². The van der Waals surface area contributed by atoms with Crippen LogP contribution in [0.3, 0.4) is 0 Å². The van der Waals surface area contributed by atoms with Gasteiger partial charge in [0.05, 0.1) is 11.0 Å². The van der Waals surface area contributed by atoms with Gasteiger partial charge in [-0.05, 0) is 55.5 Å². The van der Waals surface area contributed by atoms with Crippen LogP contribution in [0.5, 0.6) is 0 Å². The number of fused-ring (bicyclic) bond motifs is 1. The summed E-state index contributed by atoms with van der Waals surface area (Å²) >= 11 is 0. The molecule has 3 fully saturated rings. The number of amides is 2. The van der Waals surface area contributed by atoms with Gasteiger partial charge in [0.25, 0.3) is 5.91 Å². The summed E-state index contributed by atoms with van der Waals surface area (Å²) in [5.74, 6) is 0.130. The van der Waals surface area contributed by atoms with Gasteiger partial charge < -0.3 is 15.4 Å². The second-order valence-electron chi connectivity index (χ2n) is 7.87. The summed E-state index contributed by atoms with van der Waals surface area (Å²) in [6.07, 6.45) is 3.41.